The third-order valence-electron chi connectivity index (χ3n) is 3.28. The zero-order chi connectivity index (χ0) is 14.7. The molecule has 1 N–H and O–H groups in total. The van der Waals surface area contributed by atoms with Crippen LogP contribution < -0.4 is 5.32 Å². The van der Waals surface area contributed by atoms with Crippen molar-refractivity contribution in [1.82, 2.24) is 24.9 Å². The number of aromatic nitrogens is 4. The largest absolute Gasteiger partial charge is 0.351 e. The van der Waals surface area contributed by atoms with Gasteiger partial charge < -0.3 is 5.32 Å². The van der Waals surface area contributed by atoms with Crippen molar-refractivity contribution in [3.8, 4) is 0 Å². The van der Waals surface area contributed by atoms with E-state index in [1.165, 1.54) is 0 Å². The van der Waals surface area contributed by atoms with Crippen molar-refractivity contribution < 1.29 is 4.79 Å². The van der Waals surface area contributed by atoms with Crippen molar-refractivity contribution in [2.24, 2.45) is 7.05 Å². The van der Waals surface area contributed by atoms with E-state index in [0.717, 1.165) is 30.0 Å². The van der Waals surface area contributed by atoms with Gasteiger partial charge in [0.2, 0.25) is 0 Å². The Morgan fingerprint density at radius 2 is 1.95 bits per heavy atom. The van der Waals surface area contributed by atoms with E-state index in [0.29, 0.717) is 12.2 Å². The number of nitrogens with one attached hydrogen (secondary N) is 1. The maximum atomic E-state index is 11.9. The lowest BCUT2D eigenvalue weighted by atomic mass is 10.3. The standard InChI is InChI=1S/C14H21N5O/c1-10-8-12(3)19(16-10)7-5-6-15-14(20)13-9-11(2)18(4)17-13/h8-9H,5-7H2,1-4H3,(H,15,20). The van der Waals surface area contributed by atoms with Crippen LogP contribution in [0.4, 0.5) is 0 Å². The second-order valence-corrected chi connectivity index (χ2v) is 5.05. The van der Waals surface area contributed by atoms with E-state index in [4.69, 9.17) is 0 Å². The van der Waals surface area contributed by atoms with Gasteiger partial charge in [0, 0.05) is 31.5 Å². The molecule has 1 amide bonds. The Labute approximate surface area is 118 Å². The van der Waals surface area contributed by atoms with Gasteiger partial charge in [-0.1, -0.05) is 0 Å². The number of nitrogens with zero attached hydrogens (tertiary/aromatic N) is 4. The van der Waals surface area contributed by atoms with E-state index >= 15 is 0 Å². The first kappa shape index (κ1) is 14.3. The summed E-state index contributed by atoms with van der Waals surface area (Å²) in [6, 6.07) is 3.84. The second-order valence-electron chi connectivity index (χ2n) is 5.05. The molecule has 0 atom stereocenters. The Morgan fingerprint density at radius 1 is 1.20 bits per heavy atom. The number of aryl methyl sites for hydroxylation is 5. The van der Waals surface area contributed by atoms with Gasteiger partial charge in [-0.05, 0) is 39.3 Å². The summed E-state index contributed by atoms with van der Waals surface area (Å²) in [7, 11) is 1.83. The molecular weight excluding hydrogens is 254 g/mol. The Morgan fingerprint density at radius 3 is 2.50 bits per heavy atom. The zero-order valence-electron chi connectivity index (χ0n) is 12.5. The molecule has 0 aliphatic carbocycles. The van der Waals surface area contributed by atoms with Crippen LogP contribution in [0.25, 0.3) is 0 Å². The van der Waals surface area contributed by atoms with E-state index in [-0.39, 0.29) is 5.91 Å². The number of rotatable bonds is 5. The van der Waals surface area contributed by atoms with Crippen LogP contribution in [0.5, 0.6) is 0 Å². The van der Waals surface area contributed by atoms with Crippen LogP contribution >= 0.6 is 0 Å². The molecule has 2 aromatic heterocycles. The molecule has 2 heterocycles. The smallest absolute Gasteiger partial charge is 0.271 e. The van der Waals surface area contributed by atoms with Crippen LogP contribution in [0, 0.1) is 20.8 Å². The maximum absolute atomic E-state index is 11.9. The fourth-order valence-corrected chi connectivity index (χ4v) is 2.09. The quantitative estimate of drug-likeness (QED) is 0.838. The first-order chi connectivity index (χ1) is 9.47. The van der Waals surface area contributed by atoms with Crippen LogP contribution in [0.1, 0.15) is 34.0 Å². The van der Waals surface area contributed by atoms with E-state index in [1.807, 2.05) is 32.5 Å². The summed E-state index contributed by atoms with van der Waals surface area (Å²) >= 11 is 0. The van der Waals surface area contributed by atoms with Crippen molar-refractivity contribution in [2.45, 2.75) is 33.7 Å². The van der Waals surface area contributed by atoms with Gasteiger partial charge in [0.05, 0.1) is 5.69 Å². The van der Waals surface area contributed by atoms with E-state index < -0.39 is 0 Å². The fourth-order valence-electron chi connectivity index (χ4n) is 2.09. The van der Waals surface area contributed by atoms with Gasteiger partial charge in [-0.25, -0.2) is 0 Å². The van der Waals surface area contributed by atoms with Gasteiger partial charge in [0.25, 0.3) is 5.91 Å². The summed E-state index contributed by atoms with van der Waals surface area (Å²) in [4.78, 5) is 11.9. The summed E-state index contributed by atoms with van der Waals surface area (Å²) in [5.74, 6) is -0.123. The minimum Gasteiger partial charge on any atom is -0.351 e. The SMILES string of the molecule is Cc1cc(C)n(CCCNC(=O)c2cc(C)n(C)n2)n1. The van der Waals surface area contributed by atoms with Gasteiger partial charge in [-0.15, -0.1) is 0 Å². The summed E-state index contributed by atoms with van der Waals surface area (Å²) < 4.78 is 3.66. The lowest BCUT2D eigenvalue weighted by Gasteiger charge is -2.05. The van der Waals surface area contributed by atoms with Crippen LogP contribution in [0.2, 0.25) is 0 Å². The normalized spacial score (nSPS) is 10.8. The highest BCUT2D eigenvalue weighted by Crippen LogP contribution is 2.03. The molecule has 0 unspecified atom stereocenters. The third-order valence-corrected chi connectivity index (χ3v) is 3.28. The zero-order valence-corrected chi connectivity index (χ0v) is 12.5. The molecule has 0 aliphatic rings. The third kappa shape index (κ3) is 3.26. The summed E-state index contributed by atoms with van der Waals surface area (Å²) in [6.07, 6.45) is 0.847. The van der Waals surface area contributed by atoms with Gasteiger partial charge in [0.1, 0.15) is 5.69 Å². The van der Waals surface area contributed by atoms with Crippen LogP contribution in [0.15, 0.2) is 12.1 Å². The molecule has 0 bridgehead atoms. The summed E-state index contributed by atoms with van der Waals surface area (Å²) in [5.41, 5.74) is 3.61. The lowest BCUT2D eigenvalue weighted by molar-refractivity contribution is 0.0947. The van der Waals surface area contributed by atoms with Crippen molar-refractivity contribution >= 4 is 5.91 Å². The van der Waals surface area contributed by atoms with Gasteiger partial charge in [-0.3, -0.25) is 14.2 Å². The molecule has 0 aliphatic heterocycles. The second kappa shape index (κ2) is 5.90. The Balaban J connectivity index is 1.78. The minimum atomic E-state index is -0.123. The van der Waals surface area contributed by atoms with Crippen molar-refractivity contribution in [1.29, 1.82) is 0 Å². The van der Waals surface area contributed by atoms with Crippen molar-refractivity contribution in [2.75, 3.05) is 6.54 Å². The lowest BCUT2D eigenvalue weighted by Crippen LogP contribution is -2.26. The first-order valence-electron chi connectivity index (χ1n) is 6.77. The number of amides is 1. The van der Waals surface area contributed by atoms with Gasteiger partial charge in [-0.2, -0.15) is 10.2 Å². The molecule has 108 valence electrons. The number of hydrogen-bond acceptors (Lipinski definition) is 3. The van der Waals surface area contributed by atoms with Gasteiger partial charge >= 0.3 is 0 Å². The average molecular weight is 275 g/mol. The minimum absolute atomic E-state index is 0.123. The van der Waals surface area contributed by atoms with Crippen LogP contribution in [0.3, 0.4) is 0 Å². The maximum Gasteiger partial charge on any atom is 0.271 e. The molecule has 2 aromatic rings. The Bertz CT molecular complexity index is 592. The molecule has 2 rings (SSSR count). The summed E-state index contributed by atoms with van der Waals surface area (Å²) in [5, 5.41) is 11.4. The van der Waals surface area contributed by atoms with Crippen LogP contribution in [-0.4, -0.2) is 32.0 Å². The monoisotopic (exact) mass is 275 g/mol. The molecule has 0 aromatic carbocycles. The molecule has 0 spiro atoms. The predicted molar refractivity (Wildman–Crippen MR) is 76.6 cm³/mol. The number of hydrogen-bond donors (Lipinski definition) is 1. The van der Waals surface area contributed by atoms with Gasteiger partial charge in [0.15, 0.2) is 0 Å². The van der Waals surface area contributed by atoms with Crippen molar-refractivity contribution in [3.63, 3.8) is 0 Å². The van der Waals surface area contributed by atoms with E-state index in [9.17, 15) is 4.79 Å². The molecule has 0 radical (unpaired) electrons. The highest BCUT2D eigenvalue weighted by molar-refractivity contribution is 5.92. The summed E-state index contributed by atoms with van der Waals surface area (Å²) in [6.45, 7) is 7.37. The van der Waals surface area contributed by atoms with Crippen molar-refractivity contribution in [3.05, 3.63) is 34.9 Å². The van der Waals surface area contributed by atoms with Crippen LogP contribution in [-0.2, 0) is 13.6 Å². The fraction of sp³-hybridized carbons (Fsp3) is 0.500. The Kier molecular flexibility index (Phi) is 4.22. The Hall–Kier alpha value is -2.11. The highest BCUT2D eigenvalue weighted by Gasteiger charge is 2.10. The molecular formula is C14H21N5O. The molecule has 6 nitrogen and oxygen atoms in total. The number of carbonyl (C=O) groups is 1. The van der Waals surface area contributed by atoms with E-state index in [1.54, 1.807) is 10.7 Å². The molecule has 0 saturated heterocycles. The molecule has 20 heavy (non-hydrogen) atoms. The highest BCUT2D eigenvalue weighted by atomic mass is 16.1. The first-order valence-corrected chi connectivity index (χ1v) is 6.77. The molecule has 0 fully saturated rings. The topological polar surface area (TPSA) is 64.7 Å². The average Bonchev–Trinajstić information content (AvgIpc) is 2.88. The number of carbonyl (C=O) groups excluding carboxylic acids is 1. The molecule has 0 saturated carbocycles. The molecule has 6 heteroatoms. The van der Waals surface area contributed by atoms with E-state index in [2.05, 4.69) is 21.6 Å². The predicted octanol–water partition coefficient (Wildman–Crippen LogP) is 1.36.